The highest BCUT2D eigenvalue weighted by molar-refractivity contribution is 14.2. The van der Waals surface area contributed by atoms with Gasteiger partial charge in [-0.3, -0.25) is 14.4 Å². The zero-order chi connectivity index (χ0) is 25.3. The van der Waals surface area contributed by atoms with E-state index >= 15 is 0 Å². The molecule has 0 aromatic heterocycles. The van der Waals surface area contributed by atoms with E-state index in [1.165, 1.54) is 25.0 Å². The van der Waals surface area contributed by atoms with Gasteiger partial charge in [0.2, 0.25) is 11.8 Å². The second kappa shape index (κ2) is 18.6. The average molecular weight is 598 g/mol. The monoisotopic (exact) mass is 597 g/mol. The molecule has 0 fully saturated rings. The third kappa shape index (κ3) is 15.1. The Hall–Kier alpha value is -0.780. The fourth-order valence-electron chi connectivity index (χ4n) is 2.49. The van der Waals surface area contributed by atoms with E-state index < -0.39 is 11.9 Å². The number of nitrogens with two attached hydrogens (primary N) is 2. The van der Waals surface area contributed by atoms with Gasteiger partial charge in [-0.1, -0.05) is 60.4 Å². The highest BCUT2D eigenvalue weighted by Gasteiger charge is 2.31. The Balaban J connectivity index is 0. The molecule has 0 aliphatic heterocycles. The molecule has 2 unspecified atom stereocenters. The fourth-order valence-corrected chi connectivity index (χ4v) is 4.88. The lowest BCUT2D eigenvalue weighted by atomic mass is 10.0. The van der Waals surface area contributed by atoms with E-state index in [1.807, 2.05) is 34.6 Å². The normalized spacial score (nSPS) is 12.3. The van der Waals surface area contributed by atoms with E-state index in [9.17, 15) is 14.4 Å². The summed E-state index contributed by atoms with van der Waals surface area (Å²) >= 11 is 3.96. The second-order valence-electron chi connectivity index (χ2n) is 7.50. The number of benzene rings is 1. The van der Waals surface area contributed by atoms with Gasteiger partial charge in [-0.05, 0) is 59.5 Å². The standard InChI is InChI=1S/C13H19IN2OS2.C8H15NO2.C2H6/c1-13(2,11(15)12(16)17)18-7-9-4-3-5-10(6-9)8-19-14;1-4-5-8(6(2)10)9-7(3)11;1-2/h3-6,11H,7-8,15H2,1-2H3,(H2,16,17);8H,4-5H2,1-3H3,(H,9,11);1-2H3. The van der Waals surface area contributed by atoms with Crippen molar-refractivity contribution in [3.05, 3.63) is 35.4 Å². The van der Waals surface area contributed by atoms with Crippen LogP contribution in [0, 0.1) is 0 Å². The molecule has 0 bridgehead atoms. The SMILES string of the molecule is CC.CC(C)(SCc1cccc(CSI)c1)C(N)C(N)=O.CCCC(NC(C)=O)C(C)=O. The van der Waals surface area contributed by atoms with Crippen LogP contribution in [0.1, 0.15) is 72.4 Å². The van der Waals surface area contributed by atoms with Crippen LogP contribution in [0.5, 0.6) is 0 Å². The molecule has 0 aliphatic rings. The van der Waals surface area contributed by atoms with Crippen LogP contribution in [0.3, 0.4) is 0 Å². The number of hydrogen-bond donors (Lipinski definition) is 3. The van der Waals surface area contributed by atoms with E-state index in [2.05, 4.69) is 50.8 Å². The fraction of sp³-hybridized carbons (Fsp3) is 0.609. The van der Waals surface area contributed by atoms with Crippen LogP contribution in [0.25, 0.3) is 0 Å². The second-order valence-corrected chi connectivity index (χ2v) is 11.5. The molecule has 0 aliphatic carbocycles. The number of nitrogens with one attached hydrogen (secondary N) is 1. The minimum absolute atomic E-state index is 0.0297. The molecule has 2 amide bonds. The van der Waals surface area contributed by atoms with Crippen LogP contribution in [-0.4, -0.2) is 34.4 Å². The number of carbonyl (C=O) groups excluding carboxylic acids is 3. The minimum atomic E-state index is -0.634. The van der Waals surface area contributed by atoms with Crippen molar-refractivity contribution in [2.45, 2.75) is 89.6 Å². The zero-order valence-corrected chi connectivity index (χ0v) is 24.2. The molecule has 1 aromatic rings. The van der Waals surface area contributed by atoms with Gasteiger partial charge in [0.15, 0.2) is 5.78 Å². The van der Waals surface area contributed by atoms with Crippen LogP contribution in [-0.2, 0) is 25.9 Å². The number of halogens is 1. The van der Waals surface area contributed by atoms with Gasteiger partial charge >= 0.3 is 0 Å². The Labute approximate surface area is 214 Å². The summed E-state index contributed by atoms with van der Waals surface area (Å²) in [6, 6.07) is 7.58. The van der Waals surface area contributed by atoms with E-state index in [0.717, 1.165) is 24.3 Å². The number of thioether (sulfide) groups is 1. The first-order valence-electron chi connectivity index (χ1n) is 10.7. The molecule has 1 aromatic carbocycles. The Kier molecular flexibility index (Phi) is 19.4. The molecule has 6 nitrogen and oxygen atoms in total. The van der Waals surface area contributed by atoms with Gasteiger partial charge < -0.3 is 16.8 Å². The van der Waals surface area contributed by atoms with Crippen LogP contribution < -0.4 is 16.8 Å². The number of rotatable bonds is 11. The lowest BCUT2D eigenvalue weighted by molar-refractivity contribution is -0.125. The highest BCUT2D eigenvalue weighted by atomic mass is 127. The van der Waals surface area contributed by atoms with Gasteiger partial charge in [-0.15, -0.1) is 11.8 Å². The first-order valence-corrected chi connectivity index (χ1v) is 15.2. The van der Waals surface area contributed by atoms with Gasteiger partial charge in [0.05, 0.1) is 12.1 Å². The first-order chi connectivity index (χ1) is 14.9. The van der Waals surface area contributed by atoms with E-state index in [1.54, 1.807) is 20.7 Å². The lowest BCUT2D eigenvalue weighted by Gasteiger charge is -2.28. The number of amides is 2. The molecule has 1 rings (SSSR count). The molecule has 0 radical (unpaired) electrons. The smallest absolute Gasteiger partial charge is 0.235 e. The minimum Gasteiger partial charge on any atom is -0.368 e. The van der Waals surface area contributed by atoms with Crippen molar-refractivity contribution in [2.24, 2.45) is 11.5 Å². The van der Waals surface area contributed by atoms with Crippen LogP contribution in [0.15, 0.2) is 24.3 Å². The molecule has 2 atom stereocenters. The zero-order valence-electron chi connectivity index (χ0n) is 20.4. The molecular weight excluding hydrogens is 557 g/mol. The van der Waals surface area contributed by atoms with Crippen molar-refractivity contribution in [1.82, 2.24) is 5.32 Å². The number of Topliss-reactive ketones (excluding diaryl/α,β-unsaturated/α-hetero) is 1. The maximum Gasteiger partial charge on any atom is 0.235 e. The van der Waals surface area contributed by atoms with Gasteiger partial charge in [0, 0.05) is 23.2 Å². The van der Waals surface area contributed by atoms with Gasteiger partial charge in [0.25, 0.3) is 0 Å². The van der Waals surface area contributed by atoms with Crippen molar-refractivity contribution in [3.8, 4) is 0 Å². The Morgan fingerprint density at radius 1 is 1.12 bits per heavy atom. The van der Waals surface area contributed by atoms with Gasteiger partial charge in [-0.2, -0.15) is 0 Å². The molecule has 0 heterocycles. The largest absolute Gasteiger partial charge is 0.368 e. The summed E-state index contributed by atoms with van der Waals surface area (Å²) in [7, 11) is 1.78. The molecule has 184 valence electrons. The molecule has 5 N–H and O–H groups in total. The predicted molar refractivity (Wildman–Crippen MR) is 149 cm³/mol. The van der Waals surface area contributed by atoms with Crippen LogP contribution in [0.4, 0.5) is 0 Å². The maximum absolute atomic E-state index is 11.2. The number of carbonyl (C=O) groups is 3. The van der Waals surface area contributed by atoms with Crippen molar-refractivity contribution >= 4 is 59.5 Å². The van der Waals surface area contributed by atoms with Crippen molar-refractivity contribution < 1.29 is 14.4 Å². The molecule has 32 heavy (non-hydrogen) atoms. The lowest BCUT2D eigenvalue weighted by Crippen LogP contribution is -2.50. The summed E-state index contributed by atoms with van der Waals surface area (Å²) in [5.74, 6) is 1.27. The Bertz CT molecular complexity index is 703. The topological polar surface area (TPSA) is 115 Å². The summed E-state index contributed by atoms with van der Waals surface area (Å²) in [6.07, 6.45) is 1.64. The average Bonchev–Trinajstić information content (AvgIpc) is 2.73. The quantitative estimate of drug-likeness (QED) is 0.310. The third-order valence-electron chi connectivity index (χ3n) is 4.32. The van der Waals surface area contributed by atoms with E-state index in [-0.39, 0.29) is 22.5 Å². The maximum atomic E-state index is 11.2. The molecular formula is C23H40IN3O3S2. The highest BCUT2D eigenvalue weighted by Crippen LogP contribution is 2.31. The first kappa shape index (κ1) is 33.4. The predicted octanol–water partition coefficient (Wildman–Crippen LogP) is 5.00. The molecule has 9 heteroatoms. The molecule has 0 saturated carbocycles. The summed E-state index contributed by atoms with van der Waals surface area (Å²) in [6.45, 7) is 12.8. The van der Waals surface area contributed by atoms with Crippen LogP contribution >= 0.6 is 41.9 Å². The van der Waals surface area contributed by atoms with Crippen molar-refractivity contribution in [3.63, 3.8) is 0 Å². The Morgan fingerprint density at radius 3 is 2.06 bits per heavy atom. The van der Waals surface area contributed by atoms with Gasteiger partial charge in [-0.25, -0.2) is 0 Å². The molecule has 0 saturated heterocycles. The molecule has 0 spiro atoms. The number of primary amides is 1. The van der Waals surface area contributed by atoms with Crippen molar-refractivity contribution in [2.75, 3.05) is 0 Å². The summed E-state index contributed by atoms with van der Waals surface area (Å²) in [5, 5.41) is 2.59. The van der Waals surface area contributed by atoms with E-state index in [4.69, 9.17) is 11.5 Å². The Morgan fingerprint density at radius 2 is 1.66 bits per heavy atom. The van der Waals surface area contributed by atoms with Gasteiger partial charge in [0.1, 0.15) is 0 Å². The van der Waals surface area contributed by atoms with Crippen molar-refractivity contribution in [1.29, 1.82) is 0 Å². The van der Waals surface area contributed by atoms with Crippen LogP contribution in [0.2, 0.25) is 0 Å². The summed E-state index contributed by atoms with van der Waals surface area (Å²) in [5.41, 5.74) is 13.7. The number of ketones is 1. The third-order valence-corrected chi connectivity index (χ3v) is 7.18. The summed E-state index contributed by atoms with van der Waals surface area (Å²) in [4.78, 5) is 32.6. The number of hydrogen-bond acceptors (Lipinski definition) is 6. The summed E-state index contributed by atoms with van der Waals surface area (Å²) < 4.78 is -0.361. The van der Waals surface area contributed by atoms with E-state index in [0.29, 0.717) is 0 Å².